The van der Waals surface area contributed by atoms with E-state index in [1.54, 1.807) is 30.3 Å². The van der Waals surface area contributed by atoms with Gasteiger partial charge in [0.1, 0.15) is 12.2 Å². The lowest BCUT2D eigenvalue weighted by atomic mass is 9.91. The summed E-state index contributed by atoms with van der Waals surface area (Å²) >= 11 is 0. The fraction of sp³-hybridized carbons (Fsp3) is 0.545. The predicted molar refractivity (Wildman–Crippen MR) is 101 cm³/mol. The lowest BCUT2D eigenvalue weighted by Gasteiger charge is -2.20. The third-order valence-corrected chi connectivity index (χ3v) is 5.48. The third kappa shape index (κ3) is 4.98. The molecule has 1 aliphatic carbocycles. The summed E-state index contributed by atoms with van der Waals surface area (Å²) in [6.07, 6.45) is 7.39. The van der Waals surface area contributed by atoms with Gasteiger partial charge in [-0.05, 0) is 18.6 Å². The first kappa shape index (κ1) is 19.6. The molecular weight excluding hydrogens is 344 g/mol. The highest BCUT2D eigenvalue weighted by molar-refractivity contribution is 5.89. The monoisotopic (exact) mass is 372 g/mol. The number of benzene rings is 1. The van der Waals surface area contributed by atoms with Crippen LogP contribution in [0.25, 0.3) is 0 Å². The summed E-state index contributed by atoms with van der Waals surface area (Å²) in [6.45, 7) is 2.13. The first-order valence-electron chi connectivity index (χ1n) is 9.90. The maximum atomic E-state index is 12.4. The van der Waals surface area contributed by atoms with Crippen LogP contribution in [0.4, 0.5) is 0 Å². The molecule has 5 nitrogen and oxygen atoms in total. The second-order valence-electron chi connectivity index (χ2n) is 7.47. The first-order chi connectivity index (χ1) is 13.1. The summed E-state index contributed by atoms with van der Waals surface area (Å²) in [5, 5.41) is 10.2. The first-order valence-corrected chi connectivity index (χ1v) is 9.90. The Morgan fingerprint density at radius 1 is 1.33 bits per heavy atom. The number of aliphatic hydroxyl groups is 1. The van der Waals surface area contributed by atoms with Crippen molar-refractivity contribution >= 4 is 11.9 Å². The molecule has 0 amide bonds. The molecule has 1 aromatic carbocycles. The highest BCUT2D eigenvalue weighted by atomic mass is 16.6. The van der Waals surface area contributed by atoms with Crippen molar-refractivity contribution in [1.29, 1.82) is 0 Å². The minimum absolute atomic E-state index is 0.00478. The van der Waals surface area contributed by atoms with Gasteiger partial charge in [0.2, 0.25) is 0 Å². The van der Waals surface area contributed by atoms with Crippen LogP contribution in [0.5, 0.6) is 0 Å². The van der Waals surface area contributed by atoms with E-state index >= 15 is 0 Å². The summed E-state index contributed by atoms with van der Waals surface area (Å²) in [4.78, 5) is 24.1. The summed E-state index contributed by atoms with van der Waals surface area (Å²) in [7, 11) is 0. The van der Waals surface area contributed by atoms with Crippen LogP contribution in [0.1, 0.15) is 55.8 Å². The number of esters is 2. The van der Waals surface area contributed by atoms with E-state index in [0.29, 0.717) is 18.4 Å². The number of carbonyl (C=O) groups is 2. The zero-order valence-corrected chi connectivity index (χ0v) is 15.8. The van der Waals surface area contributed by atoms with E-state index in [-0.39, 0.29) is 36.0 Å². The SMILES string of the molecule is CCCCC[C@H](O)C=C[C@H]1[C@H](OC(=O)c2ccccc2)CC2OC(=O)C[C@@H]21. The molecule has 1 unspecified atom stereocenters. The average molecular weight is 372 g/mol. The van der Waals surface area contributed by atoms with Crippen LogP contribution >= 0.6 is 0 Å². The minimum Gasteiger partial charge on any atom is -0.462 e. The van der Waals surface area contributed by atoms with Gasteiger partial charge in [-0.25, -0.2) is 4.79 Å². The summed E-state index contributed by atoms with van der Waals surface area (Å²) < 4.78 is 11.1. The zero-order chi connectivity index (χ0) is 19.2. The molecule has 1 heterocycles. The highest BCUT2D eigenvalue weighted by Gasteiger charge is 2.50. The Morgan fingerprint density at radius 2 is 2.11 bits per heavy atom. The third-order valence-electron chi connectivity index (χ3n) is 5.48. The van der Waals surface area contributed by atoms with E-state index in [2.05, 4.69) is 6.92 Å². The van der Waals surface area contributed by atoms with E-state index in [9.17, 15) is 14.7 Å². The van der Waals surface area contributed by atoms with Gasteiger partial charge in [-0.3, -0.25) is 4.79 Å². The zero-order valence-electron chi connectivity index (χ0n) is 15.8. The quantitative estimate of drug-likeness (QED) is 0.428. The number of ether oxygens (including phenoxy) is 2. The highest BCUT2D eigenvalue weighted by Crippen LogP contribution is 2.43. The van der Waals surface area contributed by atoms with E-state index in [1.165, 1.54) is 0 Å². The molecule has 1 aromatic rings. The van der Waals surface area contributed by atoms with Crippen LogP contribution in [-0.2, 0) is 14.3 Å². The van der Waals surface area contributed by atoms with Crippen molar-refractivity contribution in [2.24, 2.45) is 11.8 Å². The Morgan fingerprint density at radius 3 is 2.85 bits per heavy atom. The predicted octanol–water partition coefficient (Wildman–Crippen LogP) is 3.66. The number of carbonyl (C=O) groups excluding carboxylic acids is 2. The van der Waals surface area contributed by atoms with Gasteiger partial charge >= 0.3 is 11.9 Å². The molecule has 2 fully saturated rings. The lowest BCUT2D eigenvalue weighted by Crippen LogP contribution is -2.25. The molecule has 1 saturated heterocycles. The molecule has 146 valence electrons. The number of hydrogen-bond donors (Lipinski definition) is 1. The maximum Gasteiger partial charge on any atom is 0.338 e. The standard InChI is InChI=1S/C22H28O5/c1-2-3-5-10-16(23)11-12-17-18-13-21(24)26-20(18)14-19(17)27-22(25)15-8-6-4-7-9-15/h4,6-9,11-12,16-20,23H,2-3,5,10,13-14H2,1H3/t16-,17+,18+,19+,20?/m0/s1. The molecule has 3 rings (SSSR count). The van der Waals surface area contributed by atoms with E-state index in [0.717, 1.165) is 25.7 Å². The number of rotatable bonds is 8. The van der Waals surface area contributed by atoms with Crippen molar-refractivity contribution in [3.63, 3.8) is 0 Å². The second-order valence-corrected chi connectivity index (χ2v) is 7.47. The molecule has 1 N–H and O–H groups in total. The summed E-state index contributed by atoms with van der Waals surface area (Å²) in [5.41, 5.74) is 0.508. The minimum atomic E-state index is -0.515. The Hall–Kier alpha value is -2.14. The van der Waals surface area contributed by atoms with Crippen molar-refractivity contribution in [1.82, 2.24) is 0 Å². The lowest BCUT2D eigenvalue weighted by molar-refractivity contribution is -0.141. The maximum absolute atomic E-state index is 12.4. The van der Waals surface area contributed by atoms with Gasteiger partial charge in [0, 0.05) is 18.3 Å². The van der Waals surface area contributed by atoms with Crippen molar-refractivity contribution < 1.29 is 24.2 Å². The Bertz CT molecular complexity index is 669. The molecule has 1 saturated carbocycles. The molecule has 5 atom stereocenters. The Kier molecular flexibility index (Phi) is 6.67. The van der Waals surface area contributed by atoms with Gasteiger partial charge in [0.15, 0.2) is 0 Å². The second kappa shape index (κ2) is 9.18. The normalized spacial score (nSPS) is 28.1. The van der Waals surface area contributed by atoms with E-state index < -0.39 is 6.10 Å². The molecular formula is C22H28O5. The van der Waals surface area contributed by atoms with Crippen molar-refractivity contribution in [2.75, 3.05) is 0 Å². The molecule has 0 aromatic heterocycles. The van der Waals surface area contributed by atoms with Gasteiger partial charge in [-0.15, -0.1) is 0 Å². The van der Waals surface area contributed by atoms with E-state index in [1.807, 2.05) is 12.1 Å². The summed E-state index contributed by atoms with van der Waals surface area (Å²) in [6, 6.07) is 8.89. The molecule has 1 aliphatic heterocycles. The van der Waals surface area contributed by atoms with Crippen LogP contribution in [-0.4, -0.2) is 35.4 Å². The largest absolute Gasteiger partial charge is 0.462 e. The van der Waals surface area contributed by atoms with Gasteiger partial charge in [0.25, 0.3) is 0 Å². The molecule has 2 aliphatic rings. The average Bonchev–Trinajstić information content (AvgIpc) is 3.16. The van der Waals surface area contributed by atoms with Gasteiger partial charge < -0.3 is 14.6 Å². The van der Waals surface area contributed by atoms with Gasteiger partial charge in [-0.2, -0.15) is 0 Å². The van der Waals surface area contributed by atoms with Crippen molar-refractivity contribution in [3.05, 3.63) is 48.0 Å². The fourth-order valence-corrected chi connectivity index (χ4v) is 4.03. The van der Waals surface area contributed by atoms with Gasteiger partial charge in [0.05, 0.1) is 18.1 Å². The van der Waals surface area contributed by atoms with Crippen molar-refractivity contribution in [3.8, 4) is 0 Å². The number of aliphatic hydroxyl groups excluding tert-OH is 1. The molecule has 0 radical (unpaired) electrons. The Balaban J connectivity index is 1.66. The van der Waals surface area contributed by atoms with E-state index in [4.69, 9.17) is 9.47 Å². The topological polar surface area (TPSA) is 72.8 Å². The molecule has 0 spiro atoms. The molecule has 27 heavy (non-hydrogen) atoms. The van der Waals surface area contributed by atoms with Crippen LogP contribution in [0.2, 0.25) is 0 Å². The number of unbranched alkanes of at least 4 members (excludes halogenated alkanes) is 2. The number of fused-ring (bicyclic) bond motifs is 1. The van der Waals surface area contributed by atoms with Gasteiger partial charge in [-0.1, -0.05) is 56.5 Å². The fourth-order valence-electron chi connectivity index (χ4n) is 4.03. The molecule has 5 heteroatoms. The summed E-state index contributed by atoms with van der Waals surface area (Å²) in [5.74, 6) is -0.673. The van der Waals surface area contributed by atoms with Crippen molar-refractivity contribution in [2.45, 2.75) is 63.8 Å². The van der Waals surface area contributed by atoms with Crippen LogP contribution in [0.3, 0.4) is 0 Å². The smallest absolute Gasteiger partial charge is 0.338 e. The molecule has 0 bridgehead atoms. The Labute approximate surface area is 160 Å². The number of hydrogen-bond acceptors (Lipinski definition) is 5. The van der Waals surface area contributed by atoms with Crippen LogP contribution in [0, 0.1) is 11.8 Å². The van der Waals surface area contributed by atoms with Crippen LogP contribution < -0.4 is 0 Å². The van der Waals surface area contributed by atoms with Crippen LogP contribution in [0.15, 0.2) is 42.5 Å².